The highest BCUT2D eigenvalue weighted by atomic mass is 16.1. The Kier molecular flexibility index (Phi) is 2.61. The minimum absolute atomic E-state index is 0.00604. The molecule has 0 saturated heterocycles. The van der Waals surface area contributed by atoms with E-state index in [1.807, 2.05) is 0 Å². The maximum absolute atomic E-state index is 12.5. The van der Waals surface area contributed by atoms with Crippen LogP contribution >= 0.6 is 0 Å². The number of rotatable bonds is 0. The van der Waals surface area contributed by atoms with E-state index >= 15 is 0 Å². The first kappa shape index (κ1) is 13.6. The predicted octanol–water partition coefficient (Wildman–Crippen LogP) is 4.60. The van der Waals surface area contributed by atoms with Crippen LogP contribution in [0.5, 0.6) is 0 Å². The Hall–Kier alpha value is -1.37. The summed E-state index contributed by atoms with van der Waals surface area (Å²) < 4.78 is 0. The van der Waals surface area contributed by atoms with E-state index in [9.17, 15) is 4.79 Å². The molecule has 3 rings (SSSR count). The number of ketones is 1. The molecule has 0 saturated carbocycles. The van der Waals surface area contributed by atoms with Gasteiger partial charge in [-0.25, -0.2) is 0 Å². The number of hydrogen-bond acceptors (Lipinski definition) is 1. The molecule has 0 radical (unpaired) electrons. The van der Waals surface area contributed by atoms with E-state index in [1.165, 1.54) is 22.3 Å². The molecule has 1 nitrogen and oxygen atoms in total. The van der Waals surface area contributed by atoms with Crippen LogP contribution in [0.4, 0.5) is 0 Å². The van der Waals surface area contributed by atoms with Gasteiger partial charge in [-0.2, -0.15) is 0 Å². The highest BCUT2D eigenvalue weighted by molar-refractivity contribution is 6.03. The lowest BCUT2D eigenvalue weighted by atomic mass is 9.73. The van der Waals surface area contributed by atoms with Crippen LogP contribution in [-0.4, -0.2) is 5.78 Å². The zero-order valence-electron chi connectivity index (χ0n) is 13.4. The summed E-state index contributed by atoms with van der Waals surface area (Å²) >= 11 is 0. The molecule has 2 atom stereocenters. The Morgan fingerprint density at radius 2 is 1.10 bits per heavy atom. The molecule has 2 unspecified atom stereocenters. The molecule has 1 aromatic carbocycles. The Balaban J connectivity index is 2.33. The molecule has 0 heterocycles. The lowest BCUT2D eigenvalue weighted by Crippen LogP contribution is -2.20. The van der Waals surface area contributed by atoms with E-state index in [0.29, 0.717) is 5.78 Å². The van der Waals surface area contributed by atoms with Gasteiger partial charge in [0.25, 0.3) is 0 Å². The van der Waals surface area contributed by atoms with Crippen molar-refractivity contribution in [3.8, 4) is 0 Å². The second-order valence-corrected chi connectivity index (χ2v) is 8.23. The molecule has 106 valence electrons. The fourth-order valence-corrected chi connectivity index (χ4v) is 3.70. The molecular weight excluding hydrogens is 244 g/mol. The fraction of sp³-hybridized carbons (Fsp3) is 0.526. The standard InChI is InChI=1S/C19H24O/c1-18(2,3)13-9-10-14(19(4,5)6)16-12-8-7-11(15(13)16)17(12)20/h7-12H,1-6H3. The third-order valence-corrected chi connectivity index (χ3v) is 4.63. The summed E-state index contributed by atoms with van der Waals surface area (Å²) in [7, 11) is 0. The third-order valence-electron chi connectivity index (χ3n) is 4.63. The van der Waals surface area contributed by atoms with E-state index in [2.05, 4.69) is 65.8 Å². The number of hydrogen-bond donors (Lipinski definition) is 0. The fourth-order valence-electron chi connectivity index (χ4n) is 3.70. The summed E-state index contributed by atoms with van der Waals surface area (Å²) in [6.45, 7) is 13.4. The van der Waals surface area contributed by atoms with Gasteiger partial charge in [-0.1, -0.05) is 65.8 Å². The van der Waals surface area contributed by atoms with Crippen LogP contribution in [0.15, 0.2) is 24.3 Å². The normalized spacial score (nSPS) is 24.4. The van der Waals surface area contributed by atoms with Crippen LogP contribution in [0.1, 0.15) is 75.6 Å². The number of Topliss-reactive ketones (excluding diaryl/α,β-unsaturated/α-hetero) is 1. The van der Waals surface area contributed by atoms with Gasteiger partial charge in [0.2, 0.25) is 0 Å². The largest absolute Gasteiger partial charge is 0.298 e. The molecule has 2 aliphatic carbocycles. The average Bonchev–Trinajstić information content (AvgIpc) is 2.79. The Bertz CT molecular complexity index is 567. The molecule has 0 amide bonds. The highest BCUT2D eigenvalue weighted by Gasteiger charge is 2.46. The molecule has 20 heavy (non-hydrogen) atoms. The van der Waals surface area contributed by atoms with Crippen molar-refractivity contribution in [2.24, 2.45) is 0 Å². The molecule has 1 heteroatoms. The van der Waals surface area contributed by atoms with Crippen LogP contribution < -0.4 is 0 Å². The molecule has 0 aromatic heterocycles. The van der Waals surface area contributed by atoms with Crippen LogP contribution in [-0.2, 0) is 15.6 Å². The van der Waals surface area contributed by atoms with Crippen molar-refractivity contribution in [1.29, 1.82) is 0 Å². The number of carbonyl (C=O) groups excluding carboxylic acids is 1. The van der Waals surface area contributed by atoms with Crippen LogP contribution in [0, 0.1) is 0 Å². The number of benzene rings is 1. The van der Waals surface area contributed by atoms with Gasteiger partial charge < -0.3 is 0 Å². The lowest BCUT2D eigenvalue weighted by Gasteiger charge is -2.30. The Morgan fingerprint density at radius 3 is 1.40 bits per heavy atom. The third kappa shape index (κ3) is 1.72. The van der Waals surface area contributed by atoms with Crippen molar-refractivity contribution in [3.05, 3.63) is 46.5 Å². The topological polar surface area (TPSA) is 17.1 Å². The van der Waals surface area contributed by atoms with Crippen LogP contribution in [0.25, 0.3) is 0 Å². The number of carbonyl (C=O) groups is 1. The van der Waals surface area contributed by atoms with Crippen molar-refractivity contribution in [2.75, 3.05) is 0 Å². The summed E-state index contributed by atoms with van der Waals surface area (Å²) in [6, 6.07) is 4.50. The molecule has 1 aromatic rings. The van der Waals surface area contributed by atoms with E-state index in [0.717, 1.165) is 0 Å². The zero-order chi connectivity index (χ0) is 14.9. The number of fused-ring (bicyclic) bond motifs is 5. The second-order valence-electron chi connectivity index (χ2n) is 8.23. The highest BCUT2D eigenvalue weighted by Crippen LogP contribution is 2.52. The molecule has 0 fully saturated rings. The average molecular weight is 268 g/mol. The maximum Gasteiger partial charge on any atom is 0.155 e. The molecule has 0 aliphatic heterocycles. The molecule has 0 spiro atoms. The van der Waals surface area contributed by atoms with E-state index in [1.54, 1.807) is 0 Å². The van der Waals surface area contributed by atoms with Gasteiger partial charge in [0.1, 0.15) is 0 Å². The molecular formula is C19H24O. The second kappa shape index (κ2) is 3.84. The van der Waals surface area contributed by atoms with E-state index < -0.39 is 0 Å². The molecule has 0 N–H and O–H groups in total. The summed E-state index contributed by atoms with van der Waals surface area (Å²) in [4.78, 5) is 12.5. The maximum atomic E-state index is 12.5. The molecule has 2 bridgehead atoms. The van der Waals surface area contributed by atoms with Crippen molar-refractivity contribution >= 4 is 5.78 Å². The van der Waals surface area contributed by atoms with Crippen LogP contribution in [0.3, 0.4) is 0 Å². The van der Waals surface area contributed by atoms with E-state index in [4.69, 9.17) is 0 Å². The van der Waals surface area contributed by atoms with Gasteiger partial charge >= 0.3 is 0 Å². The lowest BCUT2D eigenvalue weighted by molar-refractivity contribution is -0.118. The minimum Gasteiger partial charge on any atom is -0.298 e. The quantitative estimate of drug-likeness (QED) is 0.628. The van der Waals surface area contributed by atoms with Gasteiger partial charge in [-0.3, -0.25) is 4.79 Å². The molecule has 2 aliphatic rings. The van der Waals surface area contributed by atoms with E-state index in [-0.39, 0.29) is 22.7 Å². The SMILES string of the molecule is CC(C)(C)c1ccc(C(C)(C)C)c2c1C1C=CC2C1=O. The van der Waals surface area contributed by atoms with Gasteiger partial charge in [-0.05, 0) is 33.1 Å². The summed E-state index contributed by atoms with van der Waals surface area (Å²) in [6.07, 6.45) is 4.22. The monoisotopic (exact) mass is 268 g/mol. The van der Waals surface area contributed by atoms with Crippen molar-refractivity contribution in [2.45, 2.75) is 64.2 Å². The Labute approximate surface area is 122 Å². The van der Waals surface area contributed by atoms with Gasteiger partial charge in [0, 0.05) is 0 Å². The van der Waals surface area contributed by atoms with Gasteiger partial charge in [0.15, 0.2) is 5.78 Å². The summed E-state index contributed by atoms with van der Waals surface area (Å²) in [5.74, 6) is 0.389. The van der Waals surface area contributed by atoms with Crippen LogP contribution in [0.2, 0.25) is 0 Å². The number of allylic oxidation sites excluding steroid dienone is 2. The van der Waals surface area contributed by atoms with Gasteiger partial charge in [0.05, 0.1) is 11.8 Å². The van der Waals surface area contributed by atoms with Crippen molar-refractivity contribution < 1.29 is 4.79 Å². The summed E-state index contributed by atoms with van der Waals surface area (Å²) in [5.41, 5.74) is 5.46. The summed E-state index contributed by atoms with van der Waals surface area (Å²) in [5, 5.41) is 0. The van der Waals surface area contributed by atoms with Crippen molar-refractivity contribution in [3.63, 3.8) is 0 Å². The predicted molar refractivity (Wildman–Crippen MR) is 83.5 cm³/mol. The van der Waals surface area contributed by atoms with Crippen molar-refractivity contribution in [1.82, 2.24) is 0 Å². The Morgan fingerprint density at radius 1 is 0.750 bits per heavy atom. The first-order chi connectivity index (χ1) is 9.12. The smallest absolute Gasteiger partial charge is 0.155 e. The first-order valence-electron chi connectivity index (χ1n) is 7.52. The zero-order valence-corrected chi connectivity index (χ0v) is 13.4. The minimum atomic E-state index is 0.00604. The first-order valence-corrected chi connectivity index (χ1v) is 7.52. The van der Waals surface area contributed by atoms with Gasteiger partial charge in [-0.15, -0.1) is 0 Å².